The summed E-state index contributed by atoms with van der Waals surface area (Å²) >= 11 is 0. The van der Waals surface area contributed by atoms with E-state index in [1.54, 1.807) is 36.7 Å². The maximum absolute atomic E-state index is 12.2. The van der Waals surface area contributed by atoms with Crippen LogP contribution >= 0.6 is 0 Å². The van der Waals surface area contributed by atoms with Crippen LogP contribution in [-0.4, -0.2) is 30.5 Å². The number of rotatable bonds is 5. The molecule has 1 aliphatic heterocycles. The summed E-state index contributed by atoms with van der Waals surface area (Å²) < 4.78 is 5.67. The van der Waals surface area contributed by atoms with Gasteiger partial charge in [0.05, 0.1) is 6.20 Å². The fourth-order valence-corrected chi connectivity index (χ4v) is 2.66. The normalized spacial score (nSPS) is 17.5. The van der Waals surface area contributed by atoms with Gasteiger partial charge in [-0.1, -0.05) is 0 Å². The predicted octanol–water partition coefficient (Wildman–Crippen LogP) is 2.60. The van der Waals surface area contributed by atoms with E-state index < -0.39 is 0 Å². The van der Waals surface area contributed by atoms with Crippen LogP contribution in [0.3, 0.4) is 0 Å². The third-order valence-electron chi connectivity index (χ3n) is 3.94. The number of piperidine rings is 1. The number of pyridine rings is 1. The summed E-state index contributed by atoms with van der Waals surface area (Å²) in [7, 11) is 0. The molecule has 1 unspecified atom stereocenters. The number of carbonyl (C=O) groups is 1. The first kappa shape index (κ1) is 15.5. The Morgan fingerprint density at radius 2 is 2.13 bits per heavy atom. The second kappa shape index (κ2) is 7.74. The molecule has 2 heterocycles. The topological polar surface area (TPSA) is 63.2 Å². The highest BCUT2D eigenvalue weighted by molar-refractivity contribution is 5.94. The van der Waals surface area contributed by atoms with E-state index in [9.17, 15) is 4.79 Å². The van der Waals surface area contributed by atoms with Crippen LogP contribution in [-0.2, 0) is 0 Å². The standard InChI is InChI=1S/C18H21N3O2/c22-18(21-12-14-3-1-9-19-11-14)15-5-7-16(8-6-15)23-17-4-2-10-20-13-17/h2,4-8,10,13-14,19H,1,3,9,11-12H2,(H,21,22). The van der Waals surface area contributed by atoms with Gasteiger partial charge in [0, 0.05) is 18.3 Å². The van der Waals surface area contributed by atoms with Crippen molar-refractivity contribution in [1.82, 2.24) is 15.6 Å². The van der Waals surface area contributed by atoms with Gasteiger partial charge in [-0.25, -0.2) is 0 Å². The Balaban J connectivity index is 1.52. The van der Waals surface area contributed by atoms with Crippen LogP contribution in [0.1, 0.15) is 23.2 Å². The molecule has 2 N–H and O–H groups in total. The van der Waals surface area contributed by atoms with Gasteiger partial charge >= 0.3 is 0 Å². The van der Waals surface area contributed by atoms with E-state index in [1.165, 1.54) is 12.8 Å². The van der Waals surface area contributed by atoms with Crippen LogP contribution in [0.4, 0.5) is 0 Å². The molecule has 1 aromatic heterocycles. The number of benzene rings is 1. The SMILES string of the molecule is O=C(NCC1CCCNC1)c1ccc(Oc2cccnc2)cc1. The second-order valence-corrected chi connectivity index (χ2v) is 5.74. The van der Waals surface area contributed by atoms with Crippen LogP contribution in [0.25, 0.3) is 0 Å². The third-order valence-corrected chi connectivity index (χ3v) is 3.94. The van der Waals surface area contributed by atoms with Gasteiger partial charge in [-0.2, -0.15) is 0 Å². The van der Waals surface area contributed by atoms with Crippen molar-refractivity contribution in [3.05, 3.63) is 54.4 Å². The molecule has 0 bridgehead atoms. The van der Waals surface area contributed by atoms with Crippen LogP contribution < -0.4 is 15.4 Å². The molecule has 0 saturated carbocycles. The van der Waals surface area contributed by atoms with E-state index in [-0.39, 0.29) is 5.91 Å². The van der Waals surface area contributed by atoms with Gasteiger partial charge in [0.1, 0.15) is 11.5 Å². The molecule has 5 heteroatoms. The summed E-state index contributed by atoms with van der Waals surface area (Å²) in [6.45, 7) is 2.79. The lowest BCUT2D eigenvalue weighted by Crippen LogP contribution is -2.38. The van der Waals surface area contributed by atoms with Gasteiger partial charge < -0.3 is 15.4 Å². The molecule has 1 aromatic carbocycles. The number of nitrogens with zero attached hydrogens (tertiary/aromatic N) is 1. The van der Waals surface area contributed by atoms with Gasteiger partial charge in [0.15, 0.2) is 0 Å². The molecule has 0 aliphatic carbocycles. The quantitative estimate of drug-likeness (QED) is 0.891. The van der Waals surface area contributed by atoms with E-state index in [0.717, 1.165) is 19.6 Å². The maximum atomic E-state index is 12.2. The first-order valence-corrected chi connectivity index (χ1v) is 7.98. The average molecular weight is 311 g/mol. The van der Waals surface area contributed by atoms with E-state index >= 15 is 0 Å². The minimum Gasteiger partial charge on any atom is -0.456 e. The van der Waals surface area contributed by atoms with Crippen molar-refractivity contribution in [1.29, 1.82) is 0 Å². The zero-order valence-corrected chi connectivity index (χ0v) is 13.0. The number of carbonyl (C=O) groups excluding carboxylic acids is 1. The molecule has 120 valence electrons. The number of hydrogen-bond acceptors (Lipinski definition) is 4. The fraction of sp³-hybridized carbons (Fsp3) is 0.333. The summed E-state index contributed by atoms with van der Waals surface area (Å²) in [6, 6.07) is 10.8. The minimum absolute atomic E-state index is 0.0384. The molecule has 0 spiro atoms. The van der Waals surface area contributed by atoms with Crippen molar-refractivity contribution in [3.8, 4) is 11.5 Å². The van der Waals surface area contributed by atoms with Crippen LogP contribution in [0.2, 0.25) is 0 Å². The molecular formula is C18H21N3O2. The van der Waals surface area contributed by atoms with Crippen molar-refractivity contribution < 1.29 is 9.53 Å². The zero-order chi connectivity index (χ0) is 15.9. The molecule has 1 saturated heterocycles. The Morgan fingerprint density at radius 3 is 2.83 bits per heavy atom. The van der Waals surface area contributed by atoms with Crippen molar-refractivity contribution in [2.24, 2.45) is 5.92 Å². The molecular weight excluding hydrogens is 290 g/mol. The van der Waals surface area contributed by atoms with Gasteiger partial charge in [-0.3, -0.25) is 9.78 Å². The summed E-state index contributed by atoms with van der Waals surface area (Å²) in [5.41, 5.74) is 0.646. The Labute approximate surface area is 136 Å². The van der Waals surface area contributed by atoms with Crippen molar-refractivity contribution >= 4 is 5.91 Å². The first-order chi connectivity index (χ1) is 11.3. The number of aromatic nitrogens is 1. The van der Waals surface area contributed by atoms with Gasteiger partial charge in [-0.15, -0.1) is 0 Å². The van der Waals surface area contributed by atoms with E-state index in [4.69, 9.17) is 4.74 Å². The molecule has 23 heavy (non-hydrogen) atoms. The smallest absolute Gasteiger partial charge is 0.251 e. The van der Waals surface area contributed by atoms with E-state index in [1.807, 2.05) is 12.1 Å². The highest BCUT2D eigenvalue weighted by Gasteiger charge is 2.14. The van der Waals surface area contributed by atoms with Gasteiger partial charge in [-0.05, 0) is 68.2 Å². The van der Waals surface area contributed by atoms with Gasteiger partial charge in [0.25, 0.3) is 5.91 Å². The molecule has 5 nitrogen and oxygen atoms in total. The summed E-state index contributed by atoms with van der Waals surface area (Å²) in [6.07, 6.45) is 5.70. The molecule has 0 radical (unpaired) electrons. The molecule has 3 rings (SSSR count). The van der Waals surface area contributed by atoms with Crippen molar-refractivity contribution in [2.45, 2.75) is 12.8 Å². The Hall–Kier alpha value is -2.40. The van der Waals surface area contributed by atoms with Crippen molar-refractivity contribution in [3.63, 3.8) is 0 Å². The number of ether oxygens (including phenoxy) is 1. The number of nitrogens with one attached hydrogen (secondary N) is 2. The average Bonchev–Trinajstić information content (AvgIpc) is 2.62. The molecule has 2 aromatic rings. The number of hydrogen-bond donors (Lipinski definition) is 2. The largest absolute Gasteiger partial charge is 0.456 e. The lowest BCUT2D eigenvalue weighted by molar-refractivity contribution is 0.0945. The van der Waals surface area contributed by atoms with E-state index in [0.29, 0.717) is 23.0 Å². The van der Waals surface area contributed by atoms with Gasteiger partial charge in [0.2, 0.25) is 0 Å². The predicted molar refractivity (Wildman–Crippen MR) is 88.7 cm³/mol. The van der Waals surface area contributed by atoms with E-state index in [2.05, 4.69) is 15.6 Å². The highest BCUT2D eigenvalue weighted by atomic mass is 16.5. The molecule has 1 fully saturated rings. The Bertz CT molecular complexity index is 622. The summed E-state index contributed by atoms with van der Waals surface area (Å²) in [5.74, 6) is 1.85. The van der Waals surface area contributed by atoms with Crippen LogP contribution in [0.15, 0.2) is 48.8 Å². The molecule has 1 amide bonds. The molecule has 1 atom stereocenters. The molecule has 1 aliphatic rings. The van der Waals surface area contributed by atoms with Crippen LogP contribution in [0, 0.1) is 5.92 Å². The third kappa shape index (κ3) is 4.53. The fourth-order valence-electron chi connectivity index (χ4n) is 2.66. The number of amides is 1. The monoisotopic (exact) mass is 311 g/mol. The van der Waals surface area contributed by atoms with Crippen molar-refractivity contribution in [2.75, 3.05) is 19.6 Å². The minimum atomic E-state index is -0.0384. The van der Waals surface area contributed by atoms with Crippen LogP contribution in [0.5, 0.6) is 11.5 Å². The Morgan fingerprint density at radius 1 is 1.26 bits per heavy atom. The summed E-state index contributed by atoms with van der Waals surface area (Å²) in [5, 5.41) is 6.36. The Kier molecular flexibility index (Phi) is 5.21. The second-order valence-electron chi connectivity index (χ2n) is 5.74. The zero-order valence-electron chi connectivity index (χ0n) is 13.0. The highest BCUT2D eigenvalue weighted by Crippen LogP contribution is 2.20. The summed E-state index contributed by atoms with van der Waals surface area (Å²) in [4.78, 5) is 16.2. The maximum Gasteiger partial charge on any atom is 0.251 e. The lowest BCUT2D eigenvalue weighted by atomic mass is 10.00. The lowest BCUT2D eigenvalue weighted by Gasteiger charge is -2.22. The first-order valence-electron chi connectivity index (χ1n) is 7.98.